The number of carbonyl (C=O) groups excluding carboxylic acids is 1. The molecule has 1 aliphatic rings. The summed E-state index contributed by atoms with van der Waals surface area (Å²) in [4.78, 5) is 12.9. The van der Waals surface area contributed by atoms with E-state index in [1.165, 1.54) is 11.3 Å². The third kappa shape index (κ3) is 5.96. The average Bonchev–Trinajstić information content (AvgIpc) is 3.37. The second kappa shape index (κ2) is 9.49. The van der Waals surface area contributed by atoms with E-state index in [2.05, 4.69) is 15.7 Å². The molecule has 0 aliphatic carbocycles. The highest BCUT2D eigenvalue weighted by Gasteiger charge is 2.33. The van der Waals surface area contributed by atoms with E-state index in [1.54, 1.807) is 48.6 Å². The molecule has 0 spiro atoms. The highest BCUT2D eigenvalue weighted by atomic mass is 32.2. The minimum Gasteiger partial charge on any atom is -0.459 e. The van der Waals surface area contributed by atoms with E-state index in [-0.39, 0.29) is 17.7 Å². The zero-order valence-electron chi connectivity index (χ0n) is 17.3. The molecule has 0 saturated heterocycles. The number of sulfonamides is 1. The van der Waals surface area contributed by atoms with Gasteiger partial charge in [0.25, 0.3) is 0 Å². The van der Waals surface area contributed by atoms with Crippen LogP contribution in [0.1, 0.15) is 35.9 Å². The molecule has 0 bridgehead atoms. The quantitative estimate of drug-likeness (QED) is 0.527. The Morgan fingerprint density at radius 2 is 2.10 bits per heavy atom. The number of amides is 1. The third-order valence-corrected chi connectivity index (χ3v) is 5.20. The van der Waals surface area contributed by atoms with Crippen molar-refractivity contribution in [2.45, 2.75) is 25.8 Å². The summed E-state index contributed by atoms with van der Waals surface area (Å²) in [6, 6.07) is 9.98. The molecular formula is C23H23N3O4S. The summed E-state index contributed by atoms with van der Waals surface area (Å²) in [5.41, 5.74) is 3.07. The summed E-state index contributed by atoms with van der Waals surface area (Å²) in [6.45, 7) is 1.97. The molecule has 31 heavy (non-hydrogen) atoms. The van der Waals surface area contributed by atoms with Crippen LogP contribution in [-0.2, 0) is 10.0 Å². The molecule has 1 aromatic carbocycles. The number of furan rings is 1. The Hall–Kier alpha value is -3.57. The number of carbonyl (C=O) groups is 1. The summed E-state index contributed by atoms with van der Waals surface area (Å²) in [5, 5.41) is 6.03. The zero-order valence-corrected chi connectivity index (χ0v) is 18.1. The maximum absolute atomic E-state index is 12.9. The monoisotopic (exact) mass is 437 g/mol. The number of hydrogen-bond donors (Lipinski definition) is 1. The summed E-state index contributed by atoms with van der Waals surface area (Å²) < 4.78 is 30.5. The van der Waals surface area contributed by atoms with Gasteiger partial charge in [-0.05, 0) is 49.2 Å². The standard InChI is InChI=1S/C23H23N3O4S/c1-4-5-6-8-17(2)15-20-16-21(24-26(20)23(27)22-9-7-14-30-22)18-10-12-19(13-11-18)25-31(3,28)29/h1,5-14,20,25H,15-16H2,2-3H3. The number of nitrogens with one attached hydrogen (secondary N) is 1. The highest BCUT2D eigenvalue weighted by molar-refractivity contribution is 7.92. The number of hydrogen-bond acceptors (Lipinski definition) is 5. The Bertz CT molecular complexity index is 1170. The minimum absolute atomic E-state index is 0.183. The molecule has 1 aromatic heterocycles. The molecule has 160 valence electrons. The molecule has 1 aliphatic heterocycles. The predicted octanol–water partition coefficient (Wildman–Crippen LogP) is 3.80. The van der Waals surface area contributed by atoms with Crippen LogP contribution < -0.4 is 4.72 Å². The molecule has 1 atom stereocenters. The SMILES string of the molecule is C#CC=CC=C(C)CC1CC(c2ccc(NS(C)(=O)=O)cc2)=NN1C(=O)c1ccco1. The summed E-state index contributed by atoms with van der Waals surface area (Å²) >= 11 is 0. The summed E-state index contributed by atoms with van der Waals surface area (Å²) in [6.07, 6.45) is 14.3. The molecule has 8 heteroatoms. The van der Waals surface area contributed by atoms with Crippen molar-refractivity contribution in [3.8, 4) is 12.3 Å². The van der Waals surface area contributed by atoms with Crippen LogP contribution in [0.4, 0.5) is 5.69 Å². The van der Waals surface area contributed by atoms with Gasteiger partial charge in [-0.3, -0.25) is 9.52 Å². The van der Waals surface area contributed by atoms with Gasteiger partial charge in [0.1, 0.15) is 0 Å². The maximum atomic E-state index is 12.9. The number of allylic oxidation sites excluding steroid dienone is 3. The Balaban J connectivity index is 1.85. The van der Waals surface area contributed by atoms with Crippen molar-refractivity contribution in [2.75, 3.05) is 11.0 Å². The minimum atomic E-state index is -3.35. The number of nitrogens with zero attached hydrogens (tertiary/aromatic N) is 2. The van der Waals surface area contributed by atoms with Gasteiger partial charge in [-0.1, -0.05) is 35.8 Å². The van der Waals surface area contributed by atoms with Gasteiger partial charge in [0, 0.05) is 12.1 Å². The Morgan fingerprint density at radius 1 is 1.35 bits per heavy atom. The number of terminal acetylenes is 1. The van der Waals surface area contributed by atoms with E-state index in [4.69, 9.17) is 10.8 Å². The van der Waals surface area contributed by atoms with E-state index < -0.39 is 10.0 Å². The van der Waals surface area contributed by atoms with Crippen molar-refractivity contribution in [1.82, 2.24) is 5.01 Å². The molecule has 3 rings (SSSR count). The van der Waals surface area contributed by atoms with Gasteiger partial charge in [-0.25, -0.2) is 13.4 Å². The first-order valence-corrected chi connectivity index (χ1v) is 11.5. The van der Waals surface area contributed by atoms with Crippen LogP contribution in [0, 0.1) is 12.3 Å². The highest BCUT2D eigenvalue weighted by Crippen LogP contribution is 2.27. The van der Waals surface area contributed by atoms with Crippen LogP contribution in [0.2, 0.25) is 0 Å². The van der Waals surface area contributed by atoms with Crippen LogP contribution in [0.5, 0.6) is 0 Å². The first kappa shape index (κ1) is 22.1. The molecule has 2 aromatic rings. The fourth-order valence-electron chi connectivity index (χ4n) is 3.27. The van der Waals surface area contributed by atoms with Crippen LogP contribution in [-0.4, -0.2) is 37.3 Å². The van der Waals surface area contributed by atoms with Crippen LogP contribution in [0.25, 0.3) is 0 Å². The largest absolute Gasteiger partial charge is 0.459 e. The number of anilines is 1. The van der Waals surface area contributed by atoms with Crippen molar-refractivity contribution in [2.24, 2.45) is 5.10 Å². The topological polar surface area (TPSA) is 92.0 Å². The van der Waals surface area contributed by atoms with Gasteiger partial charge in [0.2, 0.25) is 10.0 Å². The van der Waals surface area contributed by atoms with E-state index in [9.17, 15) is 13.2 Å². The lowest BCUT2D eigenvalue weighted by Crippen LogP contribution is -2.32. The Kier molecular flexibility index (Phi) is 6.78. The first-order chi connectivity index (χ1) is 14.8. The average molecular weight is 438 g/mol. The van der Waals surface area contributed by atoms with Gasteiger partial charge >= 0.3 is 5.91 Å². The second-order valence-corrected chi connectivity index (χ2v) is 8.97. The molecule has 1 amide bonds. The van der Waals surface area contributed by atoms with E-state index in [0.717, 1.165) is 23.1 Å². The van der Waals surface area contributed by atoms with Gasteiger partial charge in [-0.2, -0.15) is 5.10 Å². The lowest BCUT2D eigenvalue weighted by Gasteiger charge is -2.20. The fraction of sp³-hybridized carbons (Fsp3) is 0.217. The smallest absolute Gasteiger partial charge is 0.309 e. The molecular weight excluding hydrogens is 414 g/mol. The second-order valence-electron chi connectivity index (χ2n) is 7.23. The normalized spacial score (nSPS) is 16.9. The van der Waals surface area contributed by atoms with Crippen molar-refractivity contribution in [1.29, 1.82) is 0 Å². The van der Waals surface area contributed by atoms with E-state index in [0.29, 0.717) is 18.5 Å². The van der Waals surface area contributed by atoms with Crippen LogP contribution in [0.15, 0.2) is 76.0 Å². The number of rotatable bonds is 7. The number of benzene rings is 1. The molecule has 0 saturated carbocycles. The van der Waals surface area contributed by atoms with Crippen molar-refractivity contribution in [3.05, 3.63) is 77.8 Å². The summed E-state index contributed by atoms with van der Waals surface area (Å²) in [5.74, 6) is 2.35. The van der Waals surface area contributed by atoms with Gasteiger partial charge in [-0.15, -0.1) is 6.42 Å². The fourth-order valence-corrected chi connectivity index (χ4v) is 3.84. The lowest BCUT2D eigenvalue weighted by atomic mass is 9.98. The lowest BCUT2D eigenvalue weighted by molar-refractivity contribution is 0.0679. The zero-order chi connectivity index (χ0) is 22.4. The molecule has 1 N–H and O–H groups in total. The maximum Gasteiger partial charge on any atom is 0.309 e. The molecule has 1 unspecified atom stereocenters. The van der Waals surface area contributed by atoms with Gasteiger partial charge < -0.3 is 4.42 Å². The molecule has 0 radical (unpaired) electrons. The van der Waals surface area contributed by atoms with Crippen LogP contribution in [0.3, 0.4) is 0 Å². The number of hydrazone groups is 1. The van der Waals surface area contributed by atoms with Crippen molar-refractivity contribution >= 4 is 27.3 Å². The molecule has 2 heterocycles. The predicted molar refractivity (Wildman–Crippen MR) is 121 cm³/mol. The molecule has 7 nitrogen and oxygen atoms in total. The van der Waals surface area contributed by atoms with Gasteiger partial charge in [0.05, 0.1) is 24.3 Å². The van der Waals surface area contributed by atoms with Gasteiger partial charge in [0.15, 0.2) is 5.76 Å². The van der Waals surface area contributed by atoms with E-state index >= 15 is 0 Å². The Morgan fingerprint density at radius 3 is 2.71 bits per heavy atom. The van der Waals surface area contributed by atoms with Crippen molar-refractivity contribution in [3.63, 3.8) is 0 Å². The van der Waals surface area contributed by atoms with E-state index in [1.807, 2.05) is 13.0 Å². The first-order valence-electron chi connectivity index (χ1n) is 9.58. The van der Waals surface area contributed by atoms with Crippen LogP contribution >= 0.6 is 0 Å². The van der Waals surface area contributed by atoms with Crippen molar-refractivity contribution < 1.29 is 17.6 Å². The third-order valence-electron chi connectivity index (χ3n) is 4.60. The Labute approximate surface area is 182 Å². The molecule has 0 fully saturated rings. The summed E-state index contributed by atoms with van der Waals surface area (Å²) in [7, 11) is -3.35.